The van der Waals surface area contributed by atoms with Crippen LogP contribution in [0.15, 0.2) is 0 Å². The second kappa shape index (κ2) is 9.86. The Balaban J connectivity index is 1.43. The van der Waals surface area contributed by atoms with E-state index in [1.54, 1.807) is 0 Å². The van der Waals surface area contributed by atoms with Crippen molar-refractivity contribution in [2.24, 2.45) is 46.3 Å². The van der Waals surface area contributed by atoms with Crippen molar-refractivity contribution in [3.63, 3.8) is 0 Å². The lowest BCUT2D eigenvalue weighted by molar-refractivity contribution is -0.207. The minimum Gasteiger partial charge on any atom is -0.393 e. The molecular formula is C26H45NO7S. The van der Waals surface area contributed by atoms with E-state index in [4.69, 9.17) is 4.55 Å². The molecule has 11 atom stereocenters. The molecule has 4 rings (SSSR count). The lowest BCUT2D eigenvalue weighted by atomic mass is 9.43. The van der Waals surface area contributed by atoms with E-state index >= 15 is 0 Å². The Morgan fingerprint density at radius 1 is 1.06 bits per heavy atom. The Morgan fingerprint density at radius 3 is 2.46 bits per heavy atom. The molecule has 5 N–H and O–H groups in total. The Bertz CT molecular complexity index is 896. The molecule has 0 aliphatic heterocycles. The van der Waals surface area contributed by atoms with Crippen LogP contribution in [0.4, 0.5) is 0 Å². The molecule has 9 heteroatoms. The van der Waals surface area contributed by atoms with E-state index in [-0.39, 0.29) is 65.4 Å². The summed E-state index contributed by atoms with van der Waals surface area (Å²) in [4.78, 5) is 12.2. The number of carbonyl (C=O) groups excluding carboxylic acids is 1. The average Bonchev–Trinajstić information content (AvgIpc) is 3.12. The standard InChI is InChI=1S/C26H45NO7S/c1-15(4-7-23(31)27-10-11-35(32,33)34)18-5-6-19-24-20(14-22(30)26(18,19)3)25(2)9-8-17(28)12-16(25)13-21(24)29/h15-22,24,28-30H,4-14H2,1-3H3,(H,27,31)(H,32,33,34)/t15-,16-,17-,18-,19?,20?,21?,22+,24?,25+,26-/m1/s1. The molecule has 0 radical (unpaired) electrons. The molecular weight excluding hydrogens is 470 g/mol. The molecule has 4 fully saturated rings. The average molecular weight is 516 g/mol. The number of rotatable bonds is 7. The van der Waals surface area contributed by atoms with Gasteiger partial charge in [0.15, 0.2) is 0 Å². The first-order chi connectivity index (χ1) is 16.3. The maximum Gasteiger partial charge on any atom is 0.266 e. The van der Waals surface area contributed by atoms with E-state index in [9.17, 15) is 28.5 Å². The van der Waals surface area contributed by atoms with Gasteiger partial charge in [0, 0.05) is 13.0 Å². The van der Waals surface area contributed by atoms with Crippen molar-refractivity contribution in [2.75, 3.05) is 12.3 Å². The maximum atomic E-state index is 12.2. The number of nitrogens with one attached hydrogen (secondary N) is 1. The van der Waals surface area contributed by atoms with Crippen molar-refractivity contribution in [1.29, 1.82) is 0 Å². The molecule has 0 aromatic carbocycles. The lowest BCUT2D eigenvalue weighted by Gasteiger charge is -2.63. The first-order valence-corrected chi connectivity index (χ1v) is 15.1. The highest BCUT2D eigenvalue weighted by molar-refractivity contribution is 7.85. The van der Waals surface area contributed by atoms with Gasteiger partial charge in [-0.3, -0.25) is 9.35 Å². The van der Waals surface area contributed by atoms with Crippen LogP contribution in [-0.4, -0.2) is 64.8 Å². The summed E-state index contributed by atoms with van der Waals surface area (Å²) >= 11 is 0. The third kappa shape index (κ3) is 5.05. The summed E-state index contributed by atoms with van der Waals surface area (Å²) in [5.41, 5.74) is -0.254. The second-order valence-corrected chi connectivity index (χ2v) is 14.2. The van der Waals surface area contributed by atoms with Gasteiger partial charge in [0.1, 0.15) is 0 Å². The van der Waals surface area contributed by atoms with Gasteiger partial charge in [0.25, 0.3) is 10.1 Å². The minimum absolute atomic E-state index is 0.0509. The highest BCUT2D eigenvalue weighted by Crippen LogP contribution is 2.68. The van der Waals surface area contributed by atoms with Gasteiger partial charge in [0.05, 0.1) is 24.1 Å². The van der Waals surface area contributed by atoms with E-state index < -0.39 is 28.1 Å². The van der Waals surface area contributed by atoms with Crippen LogP contribution in [0.25, 0.3) is 0 Å². The normalized spacial score (nSPS) is 46.3. The quantitative estimate of drug-likeness (QED) is 0.327. The summed E-state index contributed by atoms with van der Waals surface area (Å²) in [6, 6.07) is 0. The summed E-state index contributed by atoms with van der Waals surface area (Å²) in [6.07, 6.45) is 5.67. The fourth-order valence-electron chi connectivity index (χ4n) is 9.10. The molecule has 4 aliphatic rings. The SMILES string of the molecule is C[C@H](CCC(=O)NCCS(=O)(=O)O)[C@H]1CCC2C3C(O)C[C@H]4C[C@H](O)CC[C@]4(C)C3C[C@H](O)[C@@]21C. The first-order valence-electron chi connectivity index (χ1n) is 13.5. The van der Waals surface area contributed by atoms with Crippen molar-refractivity contribution in [2.45, 2.75) is 96.9 Å². The highest BCUT2D eigenvalue weighted by Gasteiger charge is 2.65. The summed E-state index contributed by atoms with van der Waals surface area (Å²) in [5.74, 6) is 0.705. The predicted octanol–water partition coefficient (Wildman–Crippen LogP) is 2.37. The molecule has 8 nitrogen and oxygen atoms in total. The Morgan fingerprint density at radius 2 is 1.77 bits per heavy atom. The van der Waals surface area contributed by atoms with E-state index in [2.05, 4.69) is 26.1 Å². The highest BCUT2D eigenvalue weighted by atomic mass is 32.2. The van der Waals surface area contributed by atoms with Gasteiger partial charge in [-0.2, -0.15) is 8.42 Å². The van der Waals surface area contributed by atoms with E-state index in [0.717, 1.165) is 38.5 Å². The van der Waals surface area contributed by atoms with Crippen LogP contribution >= 0.6 is 0 Å². The van der Waals surface area contributed by atoms with Gasteiger partial charge in [-0.15, -0.1) is 0 Å². The Kier molecular flexibility index (Phi) is 7.69. The van der Waals surface area contributed by atoms with Gasteiger partial charge in [0.2, 0.25) is 5.91 Å². The predicted molar refractivity (Wildman–Crippen MR) is 132 cm³/mol. The number of fused-ring (bicyclic) bond motifs is 5. The van der Waals surface area contributed by atoms with Crippen molar-refractivity contribution in [3.8, 4) is 0 Å². The molecule has 35 heavy (non-hydrogen) atoms. The first kappa shape index (κ1) is 27.3. The van der Waals surface area contributed by atoms with Crippen molar-refractivity contribution in [1.82, 2.24) is 5.32 Å². The van der Waals surface area contributed by atoms with Crippen molar-refractivity contribution in [3.05, 3.63) is 0 Å². The molecule has 202 valence electrons. The fourth-order valence-corrected chi connectivity index (χ4v) is 9.46. The van der Waals surface area contributed by atoms with Crippen LogP contribution in [0.3, 0.4) is 0 Å². The van der Waals surface area contributed by atoms with Gasteiger partial charge in [-0.1, -0.05) is 20.8 Å². The fraction of sp³-hybridized carbons (Fsp3) is 0.962. The van der Waals surface area contributed by atoms with E-state index in [0.29, 0.717) is 18.8 Å². The van der Waals surface area contributed by atoms with Crippen LogP contribution in [0, 0.1) is 46.3 Å². The molecule has 4 unspecified atom stereocenters. The smallest absolute Gasteiger partial charge is 0.266 e. The van der Waals surface area contributed by atoms with Crippen LogP contribution < -0.4 is 5.32 Å². The monoisotopic (exact) mass is 515 g/mol. The number of hydrogen-bond acceptors (Lipinski definition) is 6. The van der Waals surface area contributed by atoms with Crippen molar-refractivity contribution >= 4 is 16.0 Å². The molecule has 4 saturated carbocycles. The third-order valence-electron chi connectivity index (χ3n) is 11.0. The van der Waals surface area contributed by atoms with E-state index in [1.165, 1.54) is 0 Å². The number of amides is 1. The lowest BCUT2D eigenvalue weighted by Crippen LogP contribution is -2.62. The van der Waals surface area contributed by atoms with Crippen molar-refractivity contribution < 1.29 is 33.1 Å². The number of hydrogen-bond donors (Lipinski definition) is 5. The Hall–Kier alpha value is -0.740. The molecule has 4 aliphatic carbocycles. The zero-order chi connectivity index (χ0) is 25.8. The molecule has 1 amide bonds. The molecule has 0 aromatic rings. The summed E-state index contributed by atoms with van der Waals surface area (Å²) in [5, 5.41) is 35.8. The number of aliphatic hydroxyl groups excluding tert-OH is 3. The third-order valence-corrected chi connectivity index (χ3v) is 11.7. The topological polar surface area (TPSA) is 144 Å². The van der Waals surface area contributed by atoms with Crippen LogP contribution in [0.1, 0.15) is 78.6 Å². The summed E-state index contributed by atoms with van der Waals surface area (Å²) in [6.45, 7) is 6.56. The zero-order valence-corrected chi connectivity index (χ0v) is 22.2. The van der Waals surface area contributed by atoms with Gasteiger partial charge in [-0.05, 0) is 97.7 Å². The van der Waals surface area contributed by atoms with E-state index in [1.807, 2.05) is 0 Å². The molecule has 0 aromatic heterocycles. The second-order valence-electron chi connectivity index (χ2n) is 12.7. The summed E-state index contributed by atoms with van der Waals surface area (Å²) < 4.78 is 30.5. The molecule has 0 bridgehead atoms. The minimum atomic E-state index is -4.10. The van der Waals surface area contributed by atoms with Gasteiger partial charge < -0.3 is 20.6 Å². The van der Waals surface area contributed by atoms with Crippen LogP contribution in [-0.2, 0) is 14.9 Å². The van der Waals surface area contributed by atoms with Gasteiger partial charge in [-0.25, -0.2) is 0 Å². The number of carbonyl (C=O) groups is 1. The molecule has 0 saturated heterocycles. The van der Waals surface area contributed by atoms with Crippen LogP contribution in [0.2, 0.25) is 0 Å². The zero-order valence-electron chi connectivity index (χ0n) is 21.4. The van der Waals surface area contributed by atoms with Crippen LogP contribution in [0.5, 0.6) is 0 Å². The largest absolute Gasteiger partial charge is 0.393 e. The summed E-state index contributed by atoms with van der Waals surface area (Å²) in [7, 11) is -4.10. The molecule has 0 heterocycles. The maximum absolute atomic E-state index is 12.2. The Labute approximate surface area is 210 Å². The van der Waals surface area contributed by atoms with Gasteiger partial charge >= 0.3 is 0 Å². The number of aliphatic hydroxyl groups is 3. The molecule has 0 spiro atoms.